The van der Waals surface area contributed by atoms with Crippen molar-refractivity contribution in [2.45, 2.75) is 12.8 Å². The largest absolute Gasteiger partial charge is 0.493 e. The van der Waals surface area contributed by atoms with Gasteiger partial charge in [-0.3, -0.25) is 4.99 Å². The lowest BCUT2D eigenvalue weighted by molar-refractivity contribution is 0.354. The van der Waals surface area contributed by atoms with E-state index < -0.39 is 0 Å². The van der Waals surface area contributed by atoms with Crippen LogP contribution in [-0.4, -0.2) is 33.1 Å². The Labute approximate surface area is 137 Å². The SMILES string of the molecule is COc1ccc(CCNC2=NCCc3ccccc32)cc1OC. The number of hydrogen-bond acceptors (Lipinski definition) is 4. The Bertz CT molecular complexity index is 710. The van der Waals surface area contributed by atoms with E-state index in [1.54, 1.807) is 14.2 Å². The summed E-state index contributed by atoms with van der Waals surface area (Å²) in [6, 6.07) is 14.5. The van der Waals surface area contributed by atoms with Gasteiger partial charge in [0, 0.05) is 18.7 Å². The van der Waals surface area contributed by atoms with Crippen molar-refractivity contribution in [3.63, 3.8) is 0 Å². The number of hydrogen-bond donors (Lipinski definition) is 1. The number of methoxy groups -OCH3 is 2. The molecule has 0 radical (unpaired) electrons. The Kier molecular flexibility index (Phi) is 4.81. The van der Waals surface area contributed by atoms with E-state index in [1.807, 2.05) is 12.1 Å². The van der Waals surface area contributed by atoms with Crippen molar-refractivity contribution in [1.29, 1.82) is 0 Å². The quantitative estimate of drug-likeness (QED) is 0.923. The first-order chi connectivity index (χ1) is 11.3. The molecule has 0 unspecified atom stereocenters. The second-order valence-electron chi connectivity index (χ2n) is 5.50. The smallest absolute Gasteiger partial charge is 0.160 e. The molecular weight excluding hydrogens is 288 g/mol. The van der Waals surface area contributed by atoms with Gasteiger partial charge in [0.2, 0.25) is 0 Å². The third kappa shape index (κ3) is 3.47. The van der Waals surface area contributed by atoms with Crippen molar-refractivity contribution in [3.05, 3.63) is 59.2 Å². The standard InChI is InChI=1S/C19H22N2O2/c1-22-17-8-7-14(13-18(17)23-2)9-11-20-19-16-6-4-3-5-15(16)10-12-21-19/h3-8,13H,9-12H2,1-2H3,(H,20,21). The van der Waals surface area contributed by atoms with E-state index in [-0.39, 0.29) is 0 Å². The lowest BCUT2D eigenvalue weighted by Crippen LogP contribution is -2.30. The molecule has 1 N–H and O–H groups in total. The molecule has 1 heterocycles. The van der Waals surface area contributed by atoms with Gasteiger partial charge < -0.3 is 14.8 Å². The van der Waals surface area contributed by atoms with Crippen LogP contribution in [0, 0.1) is 0 Å². The number of fused-ring (bicyclic) bond motifs is 1. The van der Waals surface area contributed by atoms with Gasteiger partial charge >= 0.3 is 0 Å². The first kappa shape index (κ1) is 15.4. The minimum Gasteiger partial charge on any atom is -0.493 e. The number of rotatable bonds is 5. The van der Waals surface area contributed by atoms with Crippen LogP contribution >= 0.6 is 0 Å². The molecule has 4 nitrogen and oxygen atoms in total. The molecule has 0 saturated carbocycles. The van der Waals surface area contributed by atoms with E-state index in [1.165, 1.54) is 16.7 Å². The molecule has 2 aromatic carbocycles. The molecule has 1 aliphatic heterocycles. The van der Waals surface area contributed by atoms with Crippen LogP contribution in [0.25, 0.3) is 0 Å². The van der Waals surface area contributed by atoms with E-state index in [9.17, 15) is 0 Å². The van der Waals surface area contributed by atoms with Gasteiger partial charge in [-0.15, -0.1) is 0 Å². The zero-order chi connectivity index (χ0) is 16.1. The predicted octanol–water partition coefficient (Wildman–Crippen LogP) is 2.84. The van der Waals surface area contributed by atoms with Crippen LogP contribution < -0.4 is 14.8 Å². The summed E-state index contributed by atoms with van der Waals surface area (Å²) in [4.78, 5) is 4.62. The first-order valence-corrected chi connectivity index (χ1v) is 7.89. The summed E-state index contributed by atoms with van der Waals surface area (Å²) in [7, 11) is 3.31. The minimum atomic E-state index is 0.759. The highest BCUT2D eigenvalue weighted by Gasteiger charge is 2.12. The zero-order valence-electron chi connectivity index (χ0n) is 13.6. The highest BCUT2D eigenvalue weighted by atomic mass is 16.5. The summed E-state index contributed by atoms with van der Waals surface area (Å²) in [5.74, 6) is 2.53. The van der Waals surface area contributed by atoms with Crippen molar-refractivity contribution in [3.8, 4) is 11.5 Å². The predicted molar refractivity (Wildman–Crippen MR) is 92.8 cm³/mol. The molecule has 0 saturated heterocycles. The summed E-state index contributed by atoms with van der Waals surface area (Å²) in [5.41, 5.74) is 3.81. The van der Waals surface area contributed by atoms with E-state index in [0.29, 0.717) is 0 Å². The van der Waals surface area contributed by atoms with Crippen molar-refractivity contribution in [2.75, 3.05) is 27.3 Å². The average Bonchev–Trinajstić information content (AvgIpc) is 2.61. The van der Waals surface area contributed by atoms with Gasteiger partial charge in [0.05, 0.1) is 14.2 Å². The molecule has 4 heteroatoms. The monoisotopic (exact) mass is 310 g/mol. The molecule has 1 aliphatic rings. The molecular formula is C19H22N2O2. The maximum Gasteiger partial charge on any atom is 0.160 e. The zero-order valence-corrected chi connectivity index (χ0v) is 13.6. The van der Waals surface area contributed by atoms with Crippen LogP contribution in [0.4, 0.5) is 0 Å². The van der Waals surface area contributed by atoms with Crippen LogP contribution in [0.15, 0.2) is 47.5 Å². The number of nitrogens with one attached hydrogen (secondary N) is 1. The van der Waals surface area contributed by atoms with Gasteiger partial charge in [0.15, 0.2) is 11.5 Å². The summed E-state index contributed by atoms with van der Waals surface area (Å²) in [6.07, 6.45) is 1.93. The number of nitrogens with zero attached hydrogens (tertiary/aromatic N) is 1. The van der Waals surface area contributed by atoms with Crippen LogP contribution in [0.5, 0.6) is 11.5 Å². The highest BCUT2D eigenvalue weighted by Crippen LogP contribution is 2.27. The lowest BCUT2D eigenvalue weighted by Gasteiger charge is -2.18. The molecule has 0 aliphatic carbocycles. The van der Waals surface area contributed by atoms with Crippen LogP contribution in [0.3, 0.4) is 0 Å². The Morgan fingerprint density at radius 3 is 2.70 bits per heavy atom. The number of benzene rings is 2. The van der Waals surface area contributed by atoms with Gasteiger partial charge in [0.25, 0.3) is 0 Å². The molecule has 23 heavy (non-hydrogen) atoms. The molecule has 0 atom stereocenters. The van der Waals surface area contributed by atoms with E-state index in [4.69, 9.17) is 9.47 Å². The summed E-state index contributed by atoms with van der Waals surface area (Å²) >= 11 is 0. The fourth-order valence-electron chi connectivity index (χ4n) is 2.86. The van der Waals surface area contributed by atoms with E-state index in [0.717, 1.165) is 43.3 Å². The lowest BCUT2D eigenvalue weighted by atomic mass is 10.0. The maximum absolute atomic E-state index is 5.35. The Morgan fingerprint density at radius 2 is 1.87 bits per heavy atom. The Hall–Kier alpha value is -2.49. The van der Waals surface area contributed by atoms with Crippen molar-refractivity contribution < 1.29 is 9.47 Å². The molecule has 120 valence electrons. The second kappa shape index (κ2) is 7.18. The van der Waals surface area contributed by atoms with Crippen LogP contribution in [0.2, 0.25) is 0 Å². The van der Waals surface area contributed by atoms with E-state index >= 15 is 0 Å². The molecule has 0 amide bonds. The van der Waals surface area contributed by atoms with Gasteiger partial charge in [-0.25, -0.2) is 0 Å². The summed E-state index contributed by atoms with van der Waals surface area (Å²) < 4.78 is 10.6. The summed E-state index contributed by atoms with van der Waals surface area (Å²) in [5, 5.41) is 3.47. The normalized spacial score (nSPS) is 13.0. The van der Waals surface area contributed by atoms with Crippen LogP contribution in [0.1, 0.15) is 16.7 Å². The number of aliphatic imine (C=N–C) groups is 1. The van der Waals surface area contributed by atoms with Gasteiger partial charge in [-0.1, -0.05) is 30.3 Å². The maximum atomic E-state index is 5.35. The molecule has 0 aromatic heterocycles. The average molecular weight is 310 g/mol. The van der Waals surface area contributed by atoms with E-state index in [2.05, 4.69) is 40.6 Å². The summed E-state index contributed by atoms with van der Waals surface area (Å²) in [6.45, 7) is 1.69. The second-order valence-corrected chi connectivity index (χ2v) is 5.50. The number of ether oxygens (including phenoxy) is 2. The molecule has 0 fully saturated rings. The van der Waals surface area contributed by atoms with Crippen molar-refractivity contribution in [1.82, 2.24) is 5.32 Å². The molecule has 0 bridgehead atoms. The van der Waals surface area contributed by atoms with Gasteiger partial charge in [-0.2, -0.15) is 0 Å². The third-order valence-electron chi connectivity index (χ3n) is 4.08. The molecule has 2 aromatic rings. The highest BCUT2D eigenvalue weighted by molar-refractivity contribution is 6.00. The van der Waals surface area contributed by atoms with Crippen molar-refractivity contribution >= 4 is 5.84 Å². The molecule has 0 spiro atoms. The first-order valence-electron chi connectivity index (χ1n) is 7.89. The van der Waals surface area contributed by atoms with Gasteiger partial charge in [-0.05, 0) is 36.1 Å². The van der Waals surface area contributed by atoms with Gasteiger partial charge in [0.1, 0.15) is 5.84 Å². The Balaban J connectivity index is 1.63. The number of amidine groups is 1. The minimum absolute atomic E-state index is 0.759. The molecule has 3 rings (SSSR count). The van der Waals surface area contributed by atoms with Crippen LogP contribution in [-0.2, 0) is 12.8 Å². The topological polar surface area (TPSA) is 42.8 Å². The third-order valence-corrected chi connectivity index (χ3v) is 4.08. The Morgan fingerprint density at radius 1 is 1.04 bits per heavy atom. The fraction of sp³-hybridized carbons (Fsp3) is 0.316. The fourth-order valence-corrected chi connectivity index (χ4v) is 2.86. The van der Waals surface area contributed by atoms with Crippen molar-refractivity contribution in [2.24, 2.45) is 4.99 Å².